The smallest absolute Gasteiger partial charge is 0.241 e. The number of amides is 1. The van der Waals surface area contributed by atoms with Crippen LogP contribution in [0.5, 0.6) is 0 Å². The molecule has 2 aromatic carbocycles. The molecule has 31 heavy (non-hydrogen) atoms. The molecule has 2 heterocycles. The Morgan fingerprint density at radius 3 is 2.42 bits per heavy atom. The first-order valence-corrected chi connectivity index (χ1v) is 11.6. The van der Waals surface area contributed by atoms with Crippen molar-refractivity contribution in [3.63, 3.8) is 0 Å². The van der Waals surface area contributed by atoms with Crippen molar-refractivity contribution in [1.29, 1.82) is 0 Å². The molecule has 4 rings (SSSR count). The van der Waals surface area contributed by atoms with Gasteiger partial charge in [-0.25, -0.2) is 0 Å². The third-order valence-electron chi connectivity index (χ3n) is 6.32. The van der Waals surface area contributed by atoms with Crippen LogP contribution in [0.2, 0.25) is 0 Å². The van der Waals surface area contributed by atoms with Gasteiger partial charge in [-0.15, -0.1) is 0 Å². The Morgan fingerprint density at radius 1 is 1.00 bits per heavy atom. The molecule has 1 aliphatic rings. The van der Waals surface area contributed by atoms with E-state index in [9.17, 15) is 4.79 Å². The molecule has 0 radical (unpaired) electrons. The number of fused-ring (bicyclic) bond motifs is 1. The van der Waals surface area contributed by atoms with Crippen LogP contribution in [0.4, 0.5) is 0 Å². The highest BCUT2D eigenvalue weighted by Gasteiger charge is 2.43. The molecule has 0 bridgehead atoms. The van der Waals surface area contributed by atoms with Crippen LogP contribution >= 0.6 is 0 Å². The lowest BCUT2D eigenvalue weighted by molar-refractivity contribution is -0.131. The van der Waals surface area contributed by atoms with Crippen molar-refractivity contribution < 1.29 is 4.79 Å². The number of para-hydroxylation sites is 1. The summed E-state index contributed by atoms with van der Waals surface area (Å²) in [4.78, 5) is 15.4. The lowest BCUT2D eigenvalue weighted by Gasteiger charge is -2.34. The van der Waals surface area contributed by atoms with Gasteiger partial charge in [0, 0.05) is 30.2 Å². The number of unbranched alkanes of at least 4 members (excludes halogenated alkanes) is 1. The van der Waals surface area contributed by atoms with Gasteiger partial charge >= 0.3 is 0 Å². The fourth-order valence-electron chi connectivity index (χ4n) is 4.73. The quantitative estimate of drug-likeness (QED) is 0.573. The standard InChI is InChI=1S/C27H35N3O/c1-5-6-16-30-25(31)23(28-26(30)27(2,3)4)17-21-19-29(18-20-12-8-7-9-13-20)24-15-11-10-14-22(21)24/h7-15,19,23,26,28H,5-6,16-18H2,1-4H3/t23-,26-/m0/s1. The van der Waals surface area contributed by atoms with E-state index in [-0.39, 0.29) is 23.5 Å². The summed E-state index contributed by atoms with van der Waals surface area (Å²) in [7, 11) is 0. The minimum atomic E-state index is -0.169. The zero-order valence-corrected chi connectivity index (χ0v) is 19.3. The van der Waals surface area contributed by atoms with Gasteiger partial charge in [0.15, 0.2) is 0 Å². The number of hydrogen-bond donors (Lipinski definition) is 1. The first-order valence-electron chi connectivity index (χ1n) is 11.6. The molecule has 1 amide bonds. The molecule has 0 saturated carbocycles. The van der Waals surface area contributed by atoms with Gasteiger partial charge in [-0.2, -0.15) is 0 Å². The highest BCUT2D eigenvalue weighted by Crippen LogP contribution is 2.30. The Morgan fingerprint density at radius 2 is 1.71 bits per heavy atom. The summed E-state index contributed by atoms with van der Waals surface area (Å²) >= 11 is 0. The summed E-state index contributed by atoms with van der Waals surface area (Å²) in [5, 5.41) is 4.92. The third-order valence-corrected chi connectivity index (χ3v) is 6.32. The molecule has 2 atom stereocenters. The van der Waals surface area contributed by atoms with E-state index >= 15 is 0 Å². The van der Waals surface area contributed by atoms with Crippen molar-refractivity contribution in [1.82, 2.24) is 14.8 Å². The summed E-state index contributed by atoms with van der Waals surface area (Å²) in [6.45, 7) is 10.5. The Hall–Kier alpha value is -2.59. The first-order chi connectivity index (χ1) is 14.9. The summed E-state index contributed by atoms with van der Waals surface area (Å²) in [6, 6.07) is 18.9. The Balaban J connectivity index is 1.61. The number of benzene rings is 2. The number of nitrogens with zero attached hydrogens (tertiary/aromatic N) is 2. The summed E-state index contributed by atoms with van der Waals surface area (Å²) in [5.41, 5.74) is 3.74. The van der Waals surface area contributed by atoms with Gasteiger partial charge < -0.3 is 9.47 Å². The molecule has 1 saturated heterocycles. The number of carbonyl (C=O) groups is 1. The highest BCUT2D eigenvalue weighted by molar-refractivity contribution is 5.88. The van der Waals surface area contributed by atoms with Crippen LogP contribution in [0.25, 0.3) is 10.9 Å². The second kappa shape index (κ2) is 8.88. The maximum atomic E-state index is 13.4. The fourth-order valence-corrected chi connectivity index (χ4v) is 4.73. The molecule has 1 aromatic heterocycles. The van der Waals surface area contributed by atoms with E-state index < -0.39 is 0 Å². The normalized spacial score (nSPS) is 19.5. The Labute approximate surface area is 186 Å². The van der Waals surface area contributed by atoms with E-state index in [1.165, 1.54) is 22.0 Å². The van der Waals surface area contributed by atoms with E-state index in [2.05, 4.69) is 103 Å². The summed E-state index contributed by atoms with van der Waals surface area (Å²) < 4.78 is 2.32. The van der Waals surface area contributed by atoms with Crippen LogP contribution in [-0.2, 0) is 17.8 Å². The van der Waals surface area contributed by atoms with Crippen molar-refractivity contribution in [2.45, 2.75) is 65.7 Å². The molecule has 3 aromatic rings. The van der Waals surface area contributed by atoms with Crippen molar-refractivity contribution >= 4 is 16.8 Å². The van der Waals surface area contributed by atoms with Crippen molar-refractivity contribution in [3.8, 4) is 0 Å². The predicted molar refractivity (Wildman–Crippen MR) is 128 cm³/mol. The first kappa shape index (κ1) is 21.6. The van der Waals surface area contributed by atoms with E-state index in [0.29, 0.717) is 0 Å². The molecular weight excluding hydrogens is 382 g/mol. The molecule has 1 aliphatic heterocycles. The fraction of sp³-hybridized carbons (Fsp3) is 0.444. The SMILES string of the molecule is CCCCN1C(=O)[C@H](Cc2cn(Cc3ccccc3)c3ccccc23)N[C@@H]1C(C)(C)C. The maximum Gasteiger partial charge on any atom is 0.241 e. The van der Waals surface area contributed by atoms with Crippen LogP contribution in [0.3, 0.4) is 0 Å². The second-order valence-electron chi connectivity index (χ2n) is 9.86. The second-order valence-corrected chi connectivity index (χ2v) is 9.86. The van der Waals surface area contributed by atoms with Crippen molar-refractivity contribution in [2.75, 3.05) is 6.54 Å². The molecule has 1 N–H and O–H groups in total. The minimum absolute atomic E-state index is 0.000535. The number of carbonyl (C=O) groups excluding carboxylic acids is 1. The van der Waals surface area contributed by atoms with Crippen LogP contribution < -0.4 is 5.32 Å². The zero-order chi connectivity index (χ0) is 22.0. The number of nitrogens with one attached hydrogen (secondary N) is 1. The zero-order valence-electron chi connectivity index (χ0n) is 19.3. The maximum absolute atomic E-state index is 13.4. The van der Waals surface area contributed by atoms with Gasteiger partial charge in [0.05, 0.1) is 12.2 Å². The summed E-state index contributed by atoms with van der Waals surface area (Å²) in [6.07, 6.45) is 5.18. The topological polar surface area (TPSA) is 37.3 Å². The largest absolute Gasteiger partial charge is 0.343 e. The van der Waals surface area contributed by atoms with Crippen LogP contribution in [0.15, 0.2) is 60.8 Å². The Bertz CT molecular complexity index is 1030. The highest BCUT2D eigenvalue weighted by atomic mass is 16.2. The van der Waals surface area contributed by atoms with Crippen molar-refractivity contribution in [2.24, 2.45) is 5.41 Å². The van der Waals surface area contributed by atoms with Gasteiger partial charge in [0.25, 0.3) is 0 Å². The van der Waals surface area contributed by atoms with E-state index in [1.807, 2.05) is 0 Å². The van der Waals surface area contributed by atoms with E-state index in [4.69, 9.17) is 0 Å². The van der Waals surface area contributed by atoms with E-state index in [1.54, 1.807) is 0 Å². The van der Waals surface area contributed by atoms with Gasteiger partial charge in [-0.3, -0.25) is 10.1 Å². The van der Waals surface area contributed by atoms with Gasteiger partial charge in [0.1, 0.15) is 0 Å². The molecule has 4 nitrogen and oxygen atoms in total. The predicted octanol–water partition coefficient (Wildman–Crippen LogP) is 5.20. The number of aromatic nitrogens is 1. The van der Waals surface area contributed by atoms with E-state index in [0.717, 1.165) is 32.4 Å². The van der Waals surface area contributed by atoms with Gasteiger partial charge in [-0.05, 0) is 35.4 Å². The van der Waals surface area contributed by atoms with Crippen LogP contribution in [0.1, 0.15) is 51.7 Å². The summed E-state index contributed by atoms with van der Waals surface area (Å²) in [5.74, 6) is 0.244. The molecule has 0 spiro atoms. The number of hydrogen-bond acceptors (Lipinski definition) is 2. The Kier molecular flexibility index (Phi) is 6.19. The molecule has 0 unspecified atom stereocenters. The molecule has 1 fully saturated rings. The van der Waals surface area contributed by atoms with Crippen molar-refractivity contribution in [3.05, 3.63) is 71.9 Å². The average Bonchev–Trinajstić information content (AvgIpc) is 3.25. The lowest BCUT2D eigenvalue weighted by Crippen LogP contribution is -2.47. The molecule has 4 heteroatoms. The molecule has 0 aliphatic carbocycles. The minimum Gasteiger partial charge on any atom is -0.343 e. The molecular formula is C27H35N3O. The lowest BCUT2D eigenvalue weighted by atomic mass is 9.91. The van der Waals surface area contributed by atoms with Crippen LogP contribution in [-0.4, -0.2) is 34.1 Å². The van der Waals surface area contributed by atoms with Crippen LogP contribution in [0, 0.1) is 5.41 Å². The average molecular weight is 418 g/mol. The third kappa shape index (κ3) is 4.54. The number of rotatable bonds is 7. The molecule has 164 valence electrons. The van der Waals surface area contributed by atoms with Gasteiger partial charge in [-0.1, -0.05) is 82.6 Å². The monoisotopic (exact) mass is 417 g/mol. The van der Waals surface area contributed by atoms with Gasteiger partial charge in [0.2, 0.25) is 5.91 Å².